The van der Waals surface area contributed by atoms with Gasteiger partial charge in [0.2, 0.25) is 0 Å². The third-order valence-corrected chi connectivity index (χ3v) is 7.58. The van der Waals surface area contributed by atoms with Gasteiger partial charge in [-0.25, -0.2) is 0 Å². The zero-order valence-electron chi connectivity index (χ0n) is 24.9. The molecular weight excluding hydrogens is 532 g/mol. The summed E-state index contributed by atoms with van der Waals surface area (Å²) in [5, 5.41) is 0. The van der Waals surface area contributed by atoms with Crippen molar-refractivity contribution in [3.63, 3.8) is 0 Å². The first-order valence-electron chi connectivity index (χ1n) is 15.0. The maximum Gasteiger partial charge on any atom is 0.186 e. The van der Waals surface area contributed by atoms with Crippen LogP contribution >= 0.6 is 0 Å². The van der Waals surface area contributed by atoms with E-state index in [0.29, 0.717) is 45.9 Å². The zero-order chi connectivity index (χ0) is 29.2. The topological polar surface area (TPSA) is 64.6 Å². The number of ether oxygens (including phenoxy) is 7. The molecule has 0 radical (unpaired) electrons. The van der Waals surface area contributed by atoms with Crippen molar-refractivity contribution in [3.8, 4) is 0 Å². The summed E-state index contributed by atoms with van der Waals surface area (Å²) in [4.78, 5) is 0. The Morgan fingerprint density at radius 2 is 1.29 bits per heavy atom. The van der Waals surface area contributed by atoms with Crippen molar-refractivity contribution in [2.75, 3.05) is 13.2 Å². The lowest BCUT2D eigenvalue weighted by Crippen LogP contribution is -2.53. The molecule has 2 fully saturated rings. The molecule has 7 nitrogen and oxygen atoms in total. The standard InChI is InChI=1S/C35H44O7/c1-26-31(42-35(2,3)41-26)19-20-37-34-33(39-24-29-17-11-6-12-18-29)32(38-23-28-15-9-5-10-16-28)21-30(40-34)25-36-22-27-13-7-4-8-14-27/h4-18,26,30-34H,19-25H2,1-3H3. The van der Waals surface area contributed by atoms with E-state index in [9.17, 15) is 0 Å². The van der Waals surface area contributed by atoms with Crippen LogP contribution in [0, 0.1) is 0 Å². The minimum Gasteiger partial charge on any atom is -0.374 e. The molecular formula is C35H44O7. The van der Waals surface area contributed by atoms with Gasteiger partial charge < -0.3 is 33.2 Å². The Morgan fingerprint density at radius 3 is 1.86 bits per heavy atom. The van der Waals surface area contributed by atoms with E-state index in [1.807, 2.05) is 75.4 Å². The van der Waals surface area contributed by atoms with E-state index in [0.717, 1.165) is 16.7 Å². The number of hydrogen-bond donors (Lipinski definition) is 0. The Morgan fingerprint density at radius 1 is 0.714 bits per heavy atom. The molecule has 6 unspecified atom stereocenters. The minimum absolute atomic E-state index is 0.0120. The molecule has 226 valence electrons. The molecule has 2 aliphatic rings. The Labute approximate surface area is 250 Å². The smallest absolute Gasteiger partial charge is 0.186 e. The van der Waals surface area contributed by atoms with Gasteiger partial charge >= 0.3 is 0 Å². The summed E-state index contributed by atoms with van der Waals surface area (Å²) in [6.07, 6.45) is -0.258. The molecule has 0 bridgehead atoms. The average Bonchev–Trinajstić information content (AvgIpc) is 3.27. The summed E-state index contributed by atoms with van der Waals surface area (Å²) < 4.78 is 44.1. The van der Waals surface area contributed by atoms with E-state index >= 15 is 0 Å². The van der Waals surface area contributed by atoms with E-state index in [2.05, 4.69) is 36.4 Å². The van der Waals surface area contributed by atoms with Crippen LogP contribution in [0.25, 0.3) is 0 Å². The van der Waals surface area contributed by atoms with Crippen LogP contribution in [0.2, 0.25) is 0 Å². The van der Waals surface area contributed by atoms with E-state index in [-0.39, 0.29) is 24.4 Å². The van der Waals surface area contributed by atoms with E-state index in [1.54, 1.807) is 0 Å². The molecule has 0 aliphatic carbocycles. The molecule has 42 heavy (non-hydrogen) atoms. The summed E-state index contributed by atoms with van der Waals surface area (Å²) in [5.41, 5.74) is 3.31. The van der Waals surface area contributed by atoms with Gasteiger partial charge in [-0.15, -0.1) is 0 Å². The second-order valence-electron chi connectivity index (χ2n) is 11.5. The number of benzene rings is 3. The predicted octanol–water partition coefficient (Wildman–Crippen LogP) is 6.44. The minimum atomic E-state index is -0.626. The van der Waals surface area contributed by atoms with E-state index < -0.39 is 18.2 Å². The fourth-order valence-electron chi connectivity index (χ4n) is 5.51. The van der Waals surface area contributed by atoms with Gasteiger partial charge in [-0.3, -0.25) is 0 Å². The van der Waals surface area contributed by atoms with Gasteiger partial charge in [0.15, 0.2) is 12.1 Å². The second kappa shape index (κ2) is 15.2. The summed E-state index contributed by atoms with van der Waals surface area (Å²) in [6, 6.07) is 30.5. The van der Waals surface area contributed by atoms with Crippen LogP contribution < -0.4 is 0 Å². The van der Waals surface area contributed by atoms with Crippen molar-refractivity contribution < 1.29 is 33.2 Å². The lowest BCUT2D eigenvalue weighted by Gasteiger charge is -2.41. The summed E-state index contributed by atoms with van der Waals surface area (Å²) in [5.74, 6) is -0.593. The fourth-order valence-corrected chi connectivity index (χ4v) is 5.51. The molecule has 7 heteroatoms. The van der Waals surface area contributed by atoms with E-state index in [1.165, 1.54) is 0 Å². The maximum atomic E-state index is 6.53. The highest BCUT2D eigenvalue weighted by Gasteiger charge is 2.42. The van der Waals surface area contributed by atoms with Crippen LogP contribution in [0.5, 0.6) is 0 Å². The zero-order valence-corrected chi connectivity index (χ0v) is 24.9. The van der Waals surface area contributed by atoms with Crippen LogP contribution in [0.4, 0.5) is 0 Å². The average molecular weight is 577 g/mol. The molecule has 2 saturated heterocycles. The molecule has 0 aromatic heterocycles. The molecule has 5 rings (SSSR count). The quantitative estimate of drug-likeness (QED) is 0.219. The molecule has 0 spiro atoms. The number of rotatable bonds is 14. The first-order chi connectivity index (χ1) is 20.4. The molecule has 6 atom stereocenters. The Hall–Kier alpha value is -2.62. The molecule has 0 N–H and O–H groups in total. The normalized spacial score (nSPS) is 27.2. The molecule has 2 heterocycles. The van der Waals surface area contributed by atoms with Gasteiger partial charge in [-0.1, -0.05) is 91.0 Å². The van der Waals surface area contributed by atoms with Crippen LogP contribution in [-0.2, 0) is 53.0 Å². The number of hydrogen-bond acceptors (Lipinski definition) is 7. The van der Waals surface area contributed by atoms with Gasteiger partial charge in [-0.2, -0.15) is 0 Å². The Bertz CT molecular complexity index is 1170. The third-order valence-electron chi connectivity index (χ3n) is 7.58. The molecule has 2 aliphatic heterocycles. The first kappa shape index (κ1) is 30.8. The van der Waals surface area contributed by atoms with Crippen LogP contribution in [-0.4, -0.2) is 55.8 Å². The monoisotopic (exact) mass is 576 g/mol. The van der Waals surface area contributed by atoms with Crippen molar-refractivity contribution in [1.82, 2.24) is 0 Å². The lowest BCUT2D eigenvalue weighted by molar-refractivity contribution is -0.294. The van der Waals surface area contributed by atoms with Crippen LogP contribution in [0.1, 0.15) is 50.3 Å². The van der Waals surface area contributed by atoms with Gasteiger partial charge in [0.25, 0.3) is 0 Å². The van der Waals surface area contributed by atoms with Gasteiger partial charge in [-0.05, 0) is 43.9 Å². The van der Waals surface area contributed by atoms with Crippen molar-refractivity contribution in [1.29, 1.82) is 0 Å². The van der Waals surface area contributed by atoms with Crippen LogP contribution in [0.15, 0.2) is 91.0 Å². The summed E-state index contributed by atoms with van der Waals surface area (Å²) in [7, 11) is 0. The van der Waals surface area contributed by atoms with Crippen molar-refractivity contribution >= 4 is 0 Å². The maximum absolute atomic E-state index is 6.53. The van der Waals surface area contributed by atoms with Gasteiger partial charge in [0, 0.05) is 6.42 Å². The summed E-state index contributed by atoms with van der Waals surface area (Å²) >= 11 is 0. The molecule has 0 amide bonds. The largest absolute Gasteiger partial charge is 0.374 e. The highest BCUT2D eigenvalue weighted by atomic mass is 16.8. The first-order valence-corrected chi connectivity index (χ1v) is 15.0. The molecule has 3 aromatic carbocycles. The van der Waals surface area contributed by atoms with Crippen molar-refractivity contribution in [2.45, 2.75) is 96.0 Å². The molecule has 3 aromatic rings. The van der Waals surface area contributed by atoms with Gasteiger partial charge in [0.1, 0.15) is 6.10 Å². The van der Waals surface area contributed by atoms with Crippen LogP contribution in [0.3, 0.4) is 0 Å². The van der Waals surface area contributed by atoms with Crippen molar-refractivity contribution in [3.05, 3.63) is 108 Å². The Kier molecular flexibility index (Phi) is 11.2. The van der Waals surface area contributed by atoms with Gasteiger partial charge in [0.05, 0.1) is 57.5 Å². The molecule has 0 saturated carbocycles. The Balaban J connectivity index is 1.27. The van der Waals surface area contributed by atoms with E-state index in [4.69, 9.17) is 33.2 Å². The second-order valence-corrected chi connectivity index (χ2v) is 11.5. The summed E-state index contributed by atoms with van der Waals surface area (Å²) in [6.45, 7) is 8.20. The predicted molar refractivity (Wildman–Crippen MR) is 159 cm³/mol. The lowest BCUT2D eigenvalue weighted by atomic mass is 10.0. The SMILES string of the molecule is CC1OC(C)(C)OC1CCOC1OC(COCc2ccccc2)CC(OCc2ccccc2)C1OCc1ccccc1. The fraction of sp³-hybridized carbons (Fsp3) is 0.486. The highest BCUT2D eigenvalue weighted by Crippen LogP contribution is 2.31. The van der Waals surface area contributed by atoms with Crippen molar-refractivity contribution in [2.24, 2.45) is 0 Å². The highest BCUT2D eigenvalue weighted by molar-refractivity contribution is 5.15. The third kappa shape index (κ3) is 9.19.